The van der Waals surface area contributed by atoms with Gasteiger partial charge >= 0.3 is 5.97 Å². The highest BCUT2D eigenvalue weighted by Gasteiger charge is 2.34. The molecule has 2 heterocycles. The molecule has 0 spiro atoms. The summed E-state index contributed by atoms with van der Waals surface area (Å²) in [7, 11) is 1.39. The zero-order valence-electron chi connectivity index (χ0n) is 15.8. The third-order valence-electron chi connectivity index (χ3n) is 5.27. The first-order valence-electron chi connectivity index (χ1n) is 9.47. The summed E-state index contributed by atoms with van der Waals surface area (Å²) in [5, 5.41) is 0. The lowest BCUT2D eigenvalue weighted by Crippen LogP contribution is -2.47. The van der Waals surface area contributed by atoms with E-state index in [-0.39, 0.29) is 30.1 Å². The number of ether oxygens (including phenoxy) is 2. The Morgan fingerprint density at radius 3 is 2.59 bits per heavy atom. The molecule has 2 amide bonds. The van der Waals surface area contributed by atoms with Crippen molar-refractivity contribution in [1.82, 2.24) is 4.90 Å². The van der Waals surface area contributed by atoms with Crippen molar-refractivity contribution >= 4 is 23.5 Å². The fraction of sp³-hybridized carbons (Fsp3) is 0.550. The Labute approximate surface area is 159 Å². The van der Waals surface area contributed by atoms with Crippen molar-refractivity contribution in [3.8, 4) is 5.75 Å². The molecule has 2 aliphatic rings. The van der Waals surface area contributed by atoms with Gasteiger partial charge in [0.15, 0.2) is 6.10 Å². The smallest absolute Gasteiger partial charge is 0.308 e. The summed E-state index contributed by atoms with van der Waals surface area (Å²) in [5.41, 5.74) is 0.712. The van der Waals surface area contributed by atoms with E-state index >= 15 is 0 Å². The van der Waals surface area contributed by atoms with Gasteiger partial charge in [0.25, 0.3) is 5.91 Å². The highest BCUT2D eigenvalue weighted by molar-refractivity contribution is 6.00. The van der Waals surface area contributed by atoms with Crippen molar-refractivity contribution in [2.75, 3.05) is 31.6 Å². The van der Waals surface area contributed by atoms with Crippen molar-refractivity contribution in [3.05, 3.63) is 24.3 Å². The van der Waals surface area contributed by atoms with Crippen LogP contribution in [0.25, 0.3) is 0 Å². The van der Waals surface area contributed by atoms with Gasteiger partial charge in [-0.3, -0.25) is 14.4 Å². The number of likely N-dealkylation sites (tertiary alicyclic amines) is 1. The van der Waals surface area contributed by atoms with Crippen LogP contribution in [0.15, 0.2) is 24.3 Å². The zero-order chi connectivity index (χ0) is 19.4. The van der Waals surface area contributed by atoms with Crippen molar-refractivity contribution in [2.45, 2.75) is 38.7 Å². The Morgan fingerprint density at radius 1 is 1.22 bits per heavy atom. The van der Waals surface area contributed by atoms with Crippen LogP contribution in [-0.2, 0) is 19.1 Å². The van der Waals surface area contributed by atoms with Gasteiger partial charge < -0.3 is 19.3 Å². The van der Waals surface area contributed by atoms with Crippen LogP contribution in [-0.4, -0.2) is 55.5 Å². The Kier molecular flexibility index (Phi) is 5.98. The van der Waals surface area contributed by atoms with Crippen LogP contribution in [0.2, 0.25) is 0 Å². The summed E-state index contributed by atoms with van der Waals surface area (Å²) in [5.74, 6) is 0.243. The fourth-order valence-corrected chi connectivity index (χ4v) is 3.66. The highest BCUT2D eigenvalue weighted by atomic mass is 16.5. The number of hydrogen-bond donors (Lipinski definition) is 0. The van der Waals surface area contributed by atoms with Crippen molar-refractivity contribution in [3.63, 3.8) is 0 Å². The molecule has 2 aliphatic heterocycles. The molecule has 0 bridgehead atoms. The number of carbonyl (C=O) groups is 3. The minimum absolute atomic E-state index is 0.00290. The second kappa shape index (κ2) is 8.41. The van der Waals surface area contributed by atoms with Gasteiger partial charge in [-0.05, 0) is 31.4 Å². The highest BCUT2D eigenvalue weighted by Crippen LogP contribution is 2.34. The predicted molar refractivity (Wildman–Crippen MR) is 99.4 cm³/mol. The van der Waals surface area contributed by atoms with E-state index in [1.807, 2.05) is 31.2 Å². The molecular formula is C20H26N2O5. The molecule has 0 N–H and O–H groups in total. The number of nitrogens with zero attached hydrogens (tertiary/aromatic N) is 2. The number of anilines is 1. The Morgan fingerprint density at radius 2 is 1.93 bits per heavy atom. The quantitative estimate of drug-likeness (QED) is 0.737. The second-order valence-electron chi connectivity index (χ2n) is 6.90. The Hall–Kier alpha value is -2.57. The van der Waals surface area contributed by atoms with E-state index in [4.69, 9.17) is 9.47 Å². The monoisotopic (exact) mass is 374 g/mol. The molecule has 1 unspecified atom stereocenters. The number of esters is 1. The third kappa shape index (κ3) is 4.07. The number of rotatable bonds is 5. The topological polar surface area (TPSA) is 76.2 Å². The molecule has 1 saturated heterocycles. The average molecular weight is 374 g/mol. The summed E-state index contributed by atoms with van der Waals surface area (Å²) in [4.78, 5) is 40.3. The molecule has 0 saturated carbocycles. The van der Waals surface area contributed by atoms with Gasteiger partial charge in [0.05, 0.1) is 18.7 Å². The van der Waals surface area contributed by atoms with Gasteiger partial charge in [0.1, 0.15) is 5.75 Å². The molecule has 3 rings (SSSR count). The number of methoxy groups -OCH3 is 1. The van der Waals surface area contributed by atoms with Crippen LogP contribution in [0.1, 0.15) is 32.6 Å². The van der Waals surface area contributed by atoms with Crippen LogP contribution in [0.5, 0.6) is 5.75 Å². The van der Waals surface area contributed by atoms with Gasteiger partial charge in [-0.15, -0.1) is 0 Å². The fourth-order valence-electron chi connectivity index (χ4n) is 3.66. The standard InChI is InChI=1S/C20H26N2O5/c1-3-16-19(24)22(15-6-4-5-7-17(15)27-16)13-10-18(23)21-11-8-14(9-12-21)20(25)26-2/h4-7,14,16H,3,8-13H2,1-2H3. The lowest BCUT2D eigenvalue weighted by Gasteiger charge is -2.35. The van der Waals surface area contributed by atoms with Crippen molar-refractivity contribution < 1.29 is 23.9 Å². The maximum absolute atomic E-state index is 12.7. The van der Waals surface area contributed by atoms with Gasteiger partial charge in [-0.2, -0.15) is 0 Å². The lowest BCUT2D eigenvalue weighted by molar-refractivity contribution is -0.148. The van der Waals surface area contributed by atoms with Crippen molar-refractivity contribution in [1.29, 1.82) is 0 Å². The number of para-hydroxylation sites is 2. The van der Waals surface area contributed by atoms with Crippen LogP contribution < -0.4 is 9.64 Å². The van der Waals surface area contributed by atoms with E-state index in [1.54, 1.807) is 9.80 Å². The van der Waals surface area contributed by atoms with E-state index in [1.165, 1.54) is 7.11 Å². The molecule has 1 atom stereocenters. The molecular weight excluding hydrogens is 348 g/mol. The van der Waals surface area contributed by atoms with Crippen LogP contribution in [0.3, 0.4) is 0 Å². The number of benzene rings is 1. The molecule has 7 nitrogen and oxygen atoms in total. The van der Waals surface area contributed by atoms with E-state index in [0.29, 0.717) is 50.3 Å². The largest absolute Gasteiger partial charge is 0.478 e. The zero-order valence-corrected chi connectivity index (χ0v) is 15.8. The lowest BCUT2D eigenvalue weighted by atomic mass is 9.97. The maximum Gasteiger partial charge on any atom is 0.308 e. The first-order chi connectivity index (χ1) is 13.0. The molecule has 1 aromatic rings. The van der Waals surface area contributed by atoms with Gasteiger partial charge in [0.2, 0.25) is 5.91 Å². The molecule has 0 aliphatic carbocycles. The number of fused-ring (bicyclic) bond motifs is 1. The van der Waals surface area contributed by atoms with Crippen LogP contribution in [0, 0.1) is 5.92 Å². The number of piperidine rings is 1. The van der Waals surface area contributed by atoms with E-state index in [2.05, 4.69) is 0 Å². The van der Waals surface area contributed by atoms with Gasteiger partial charge in [-0.25, -0.2) is 0 Å². The second-order valence-corrected chi connectivity index (χ2v) is 6.90. The minimum Gasteiger partial charge on any atom is -0.478 e. The number of hydrogen-bond acceptors (Lipinski definition) is 5. The predicted octanol–water partition coefficient (Wildman–Crippen LogP) is 1.99. The van der Waals surface area contributed by atoms with Crippen molar-refractivity contribution in [2.24, 2.45) is 5.92 Å². The van der Waals surface area contributed by atoms with Gasteiger partial charge in [-0.1, -0.05) is 19.1 Å². The SMILES string of the molecule is CCC1Oc2ccccc2N(CCC(=O)N2CCC(C(=O)OC)CC2)C1=O. The molecule has 1 fully saturated rings. The first-order valence-corrected chi connectivity index (χ1v) is 9.47. The number of carbonyl (C=O) groups excluding carboxylic acids is 3. The number of amides is 2. The normalized spacial score (nSPS) is 20.1. The van der Waals surface area contributed by atoms with E-state index < -0.39 is 6.10 Å². The molecule has 7 heteroatoms. The molecule has 1 aromatic carbocycles. The Bertz CT molecular complexity index is 712. The summed E-state index contributed by atoms with van der Waals surface area (Å²) < 4.78 is 10.5. The molecule has 0 radical (unpaired) electrons. The van der Waals surface area contributed by atoms with E-state index in [0.717, 1.165) is 0 Å². The minimum atomic E-state index is -0.509. The molecule has 146 valence electrons. The van der Waals surface area contributed by atoms with Crippen LogP contribution >= 0.6 is 0 Å². The Balaban J connectivity index is 1.60. The van der Waals surface area contributed by atoms with E-state index in [9.17, 15) is 14.4 Å². The molecule has 27 heavy (non-hydrogen) atoms. The van der Waals surface area contributed by atoms with Gasteiger partial charge in [0, 0.05) is 26.1 Å². The van der Waals surface area contributed by atoms with Crippen LogP contribution in [0.4, 0.5) is 5.69 Å². The third-order valence-corrected chi connectivity index (χ3v) is 5.27. The maximum atomic E-state index is 12.7. The summed E-state index contributed by atoms with van der Waals surface area (Å²) in [6.45, 7) is 3.32. The summed E-state index contributed by atoms with van der Waals surface area (Å²) >= 11 is 0. The summed E-state index contributed by atoms with van der Waals surface area (Å²) in [6, 6.07) is 7.41. The molecule has 0 aromatic heterocycles. The summed E-state index contributed by atoms with van der Waals surface area (Å²) in [6.07, 6.45) is 1.56. The first kappa shape index (κ1) is 19.2. The average Bonchev–Trinajstić information content (AvgIpc) is 2.72.